The van der Waals surface area contributed by atoms with Gasteiger partial charge in [0.05, 0.1) is 18.3 Å². The molecule has 0 amide bonds. The Morgan fingerprint density at radius 1 is 1.23 bits per heavy atom. The van der Waals surface area contributed by atoms with Crippen LogP contribution in [0.5, 0.6) is 0 Å². The molecule has 0 spiro atoms. The van der Waals surface area contributed by atoms with Crippen LogP contribution in [0.2, 0.25) is 0 Å². The number of pyridine rings is 1. The monoisotopic (exact) mass is 298 g/mol. The molecule has 4 heterocycles. The molecule has 7 heteroatoms. The highest BCUT2D eigenvalue weighted by molar-refractivity contribution is 5.39. The minimum absolute atomic E-state index is 0.485. The number of likely N-dealkylation sites (tertiary alicyclic amines) is 1. The predicted molar refractivity (Wildman–Crippen MR) is 80.1 cm³/mol. The van der Waals surface area contributed by atoms with Crippen molar-refractivity contribution in [3.05, 3.63) is 48.7 Å². The Morgan fingerprint density at radius 2 is 2.18 bits per heavy atom. The van der Waals surface area contributed by atoms with Crippen LogP contribution in [-0.4, -0.2) is 53.1 Å². The summed E-state index contributed by atoms with van der Waals surface area (Å²) in [6.45, 7) is 2.79. The Morgan fingerprint density at radius 3 is 3.05 bits per heavy atom. The molecule has 1 aliphatic heterocycles. The number of β-amino-alcohol motifs (C(OH)–C–C–N with tert-alkyl or cyclic N) is 1. The molecule has 22 heavy (non-hydrogen) atoms. The number of aliphatic hydroxyl groups is 1. The standard InChI is InChI=1S/C15H18N6O/c22-15(12-20-8-6-17-18-20)4-7-19(11-15)10-13-2-1-3-14-16-5-9-21(13)14/h1-3,5-6,8-9,22H,4,7,10-12H2. The first-order valence-corrected chi connectivity index (χ1v) is 7.42. The zero-order valence-corrected chi connectivity index (χ0v) is 12.2. The Labute approximate surface area is 127 Å². The maximum Gasteiger partial charge on any atom is 0.136 e. The highest BCUT2D eigenvalue weighted by Gasteiger charge is 2.36. The molecule has 0 saturated carbocycles. The van der Waals surface area contributed by atoms with Gasteiger partial charge >= 0.3 is 0 Å². The molecule has 1 saturated heterocycles. The van der Waals surface area contributed by atoms with Gasteiger partial charge in [-0.1, -0.05) is 11.3 Å². The second-order valence-corrected chi connectivity index (χ2v) is 5.96. The summed E-state index contributed by atoms with van der Waals surface area (Å²) >= 11 is 0. The summed E-state index contributed by atoms with van der Waals surface area (Å²) in [6.07, 6.45) is 7.95. The van der Waals surface area contributed by atoms with Gasteiger partial charge in [0.2, 0.25) is 0 Å². The van der Waals surface area contributed by atoms with Crippen molar-refractivity contribution in [1.82, 2.24) is 29.3 Å². The molecule has 0 aromatic carbocycles. The molecule has 1 atom stereocenters. The smallest absolute Gasteiger partial charge is 0.136 e. The number of hydrogen-bond acceptors (Lipinski definition) is 5. The largest absolute Gasteiger partial charge is 0.387 e. The van der Waals surface area contributed by atoms with Gasteiger partial charge in [-0.25, -0.2) is 9.67 Å². The maximum atomic E-state index is 10.7. The summed E-state index contributed by atoms with van der Waals surface area (Å²) in [5.41, 5.74) is 1.39. The summed E-state index contributed by atoms with van der Waals surface area (Å²) in [5, 5.41) is 18.5. The number of imidazole rings is 1. The second kappa shape index (κ2) is 5.19. The topological polar surface area (TPSA) is 71.5 Å². The summed E-state index contributed by atoms with van der Waals surface area (Å²) in [6, 6.07) is 6.12. The molecular formula is C15H18N6O. The first kappa shape index (κ1) is 13.4. The molecule has 114 valence electrons. The van der Waals surface area contributed by atoms with Crippen LogP contribution in [0.15, 0.2) is 43.0 Å². The summed E-state index contributed by atoms with van der Waals surface area (Å²) in [5.74, 6) is 0. The van der Waals surface area contributed by atoms with Crippen LogP contribution in [0, 0.1) is 0 Å². The second-order valence-electron chi connectivity index (χ2n) is 5.96. The summed E-state index contributed by atoms with van der Waals surface area (Å²) in [7, 11) is 0. The minimum Gasteiger partial charge on any atom is -0.387 e. The Kier molecular flexibility index (Phi) is 3.16. The highest BCUT2D eigenvalue weighted by Crippen LogP contribution is 2.24. The first-order chi connectivity index (χ1) is 10.7. The Hall–Kier alpha value is -2.25. The molecule has 3 aromatic rings. The normalized spacial score (nSPS) is 22.6. The van der Waals surface area contributed by atoms with Gasteiger partial charge in [-0.05, 0) is 18.6 Å². The lowest BCUT2D eigenvalue weighted by atomic mass is 10.0. The van der Waals surface area contributed by atoms with E-state index in [-0.39, 0.29) is 0 Å². The third kappa shape index (κ3) is 2.49. The van der Waals surface area contributed by atoms with Crippen LogP contribution in [0.25, 0.3) is 5.65 Å². The van der Waals surface area contributed by atoms with Gasteiger partial charge in [-0.15, -0.1) is 5.10 Å². The first-order valence-electron chi connectivity index (χ1n) is 7.42. The van der Waals surface area contributed by atoms with Crippen LogP contribution in [0.1, 0.15) is 12.1 Å². The van der Waals surface area contributed by atoms with Gasteiger partial charge < -0.3 is 9.51 Å². The number of aromatic nitrogens is 5. The number of rotatable bonds is 4. The zero-order valence-electron chi connectivity index (χ0n) is 12.2. The van der Waals surface area contributed by atoms with Crippen molar-refractivity contribution in [2.24, 2.45) is 0 Å². The van der Waals surface area contributed by atoms with Gasteiger partial charge in [-0.3, -0.25) is 4.90 Å². The number of fused-ring (bicyclic) bond motifs is 1. The molecule has 1 N–H and O–H groups in total. The quantitative estimate of drug-likeness (QED) is 0.762. The average Bonchev–Trinajstić information content (AvgIpc) is 3.21. The Bertz CT molecular complexity index is 767. The molecule has 7 nitrogen and oxygen atoms in total. The lowest BCUT2D eigenvalue weighted by molar-refractivity contribution is 0.0273. The van der Waals surface area contributed by atoms with Crippen LogP contribution < -0.4 is 0 Å². The van der Waals surface area contributed by atoms with Gasteiger partial charge in [0.1, 0.15) is 5.65 Å². The van der Waals surface area contributed by atoms with E-state index in [0.29, 0.717) is 13.1 Å². The fourth-order valence-electron chi connectivity index (χ4n) is 3.19. The molecule has 1 fully saturated rings. The third-order valence-corrected chi connectivity index (χ3v) is 4.24. The molecule has 1 unspecified atom stereocenters. The van der Waals surface area contributed by atoms with E-state index >= 15 is 0 Å². The van der Waals surface area contributed by atoms with E-state index < -0.39 is 5.60 Å². The molecule has 4 rings (SSSR count). The van der Waals surface area contributed by atoms with E-state index in [2.05, 4.69) is 30.7 Å². The SMILES string of the molecule is OC1(Cn2ccnn2)CCN(Cc2cccc3nccn23)C1. The fourth-order valence-corrected chi connectivity index (χ4v) is 3.19. The van der Waals surface area contributed by atoms with Crippen LogP contribution in [-0.2, 0) is 13.1 Å². The fraction of sp³-hybridized carbons (Fsp3) is 0.400. The van der Waals surface area contributed by atoms with Gasteiger partial charge in [0, 0.05) is 43.9 Å². The molecular weight excluding hydrogens is 280 g/mol. The predicted octanol–water partition coefficient (Wildman–Crippen LogP) is 0.563. The maximum absolute atomic E-state index is 10.7. The van der Waals surface area contributed by atoms with E-state index in [0.717, 1.165) is 25.2 Å². The van der Waals surface area contributed by atoms with Crippen molar-refractivity contribution in [2.45, 2.75) is 25.1 Å². The van der Waals surface area contributed by atoms with Crippen molar-refractivity contribution in [3.8, 4) is 0 Å². The molecule has 1 aliphatic rings. The highest BCUT2D eigenvalue weighted by atomic mass is 16.3. The van der Waals surface area contributed by atoms with Crippen LogP contribution >= 0.6 is 0 Å². The van der Waals surface area contributed by atoms with Crippen molar-refractivity contribution in [3.63, 3.8) is 0 Å². The van der Waals surface area contributed by atoms with Crippen LogP contribution in [0.4, 0.5) is 0 Å². The van der Waals surface area contributed by atoms with Crippen molar-refractivity contribution in [2.75, 3.05) is 13.1 Å². The lowest BCUT2D eigenvalue weighted by Gasteiger charge is -2.23. The Balaban J connectivity index is 1.48. The van der Waals surface area contributed by atoms with Crippen LogP contribution in [0.3, 0.4) is 0 Å². The minimum atomic E-state index is -0.740. The van der Waals surface area contributed by atoms with E-state index in [1.54, 1.807) is 17.1 Å². The lowest BCUT2D eigenvalue weighted by Crippen LogP contribution is -2.37. The number of hydrogen-bond donors (Lipinski definition) is 1. The van der Waals surface area contributed by atoms with Crippen molar-refractivity contribution in [1.29, 1.82) is 0 Å². The van der Waals surface area contributed by atoms with Gasteiger partial charge in [0.15, 0.2) is 0 Å². The van der Waals surface area contributed by atoms with E-state index in [4.69, 9.17) is 0 Å². The molecule has 0 bridgehead atoms. The summed E-state index contributed by atoms with van der Waals surface area (Å²) < 4.78 is 3.79. The molecule has 3 aromatic heterocycles. The summed E-state index contributed by atoms with van der Waals surface area (Å²) in [4.78, 5) is 6.58. The van der Waals surface area contributed by atoms with E-state index in [9.17, 15) is 5.11 Å². The third-order valence-electron chi connectivity index (χ3n) is 4.24. The molecule has 0 aliphatic carbocycles. The van der Waals surface area contributed by atoms with E-state index in [1.165, 1.54) is 5.69 Å². The zero-order chi connectivity index (χ0) is 15.0. The van der Waals surface area contributed by atoms with Gasteiger partial charge in [0.25, 0.3) is 0 Å². The van der Waals surface area contributed by atoms with Crippen molar-refractivity contribution >= 4 is 5.65 Å². The van der Waals surface area contributed by atoms with Crippen molar-refractivity contribution < 1.29 is 5.11 Å². The molecule has 0 radical (unpaired) electrons. The number of nitrogens with zero attached hydrogens (tertiary/aromatic N) is 6. The average molecular weight is 298 g/mol. The van der Waals surface area contributed by atoms with E-state index in [1.807, 2.05) is 24.5 Å². The van der Waals surface area contributed by atoms with Gasteiger partial charge in [-0.2, -0.15) is 0 Å².